The summed E-state index contributed by atoms with van der Waals surface area (Å²) in [6, 6.07) is 9.28. The second-order valence-corrected chi connectivity index (χ2v) is 4.80. The molecule has 0 saturated carbocycles. The molecule has 0 unspecified atom stereocenters. The Labute approximate surface area is 118 Å². The van der Waals surface area contributed by atoms with Crippen molar-refractivity contribution in [2.45, 2.75) is 0 Å². The van der Waals surface area contributed by atoms with Crippen LogP contribution < -0.4 is 0 Å². The molecule has 0 atom stereocenters. The number of aromatic nitrogens is 2. The van der Waals surface area contributed by atoms with Crippen molar-refractivity contribution < 1.29 is 10.2 Å². The molecule has 6 heteroatoms. The van der Waals surface area contributed by atoms with Crippen LogP contribution >= 0.6 is 23.2 Å². The van der Waals surface area contributed by atoms with Crippen LogP contribution in [0.25, 0.3) is 16.6 Å². The molecular weight excluding hydrogens is 287 g/mol. The van der Waals surface area contributed by atoms with Gasteiger partial charge in [0.2, 0.25) is 0 Å². The van der Waals surface area contributed by atoms with E-state index in [-0.39, 0.29) is 11.5 Å². The van der Waals surface area contributed by atoms with Gasteiger partial charge in [-0.1, -0.05) is 23.2 Å². The summed E-state index contributed by atoms with van der Waals surface area (Å²) in [5.41, 5.74) is 1.20. The van der Waals surface area contributed by atoms with Crippen molar-refractivity contribution in [3.63, 3.8) is 0 Å². The van der Waals surface area contributed by atoms with Crippen molar-refractivity contribution in [3.8, 4) is 17.2 Å². The molecule has 0 saturated heterocycles. The van der Waals surface area contributed by atoms with Gasteiger partial charge in [-0.3, -0.25) is 0 Å². The zero-order valence-electron chi connectivity index (χ0n) is 9.51. The number of nitrogens with zero attached hydrogens (tertiary/aromatic N) is 2. The maximum absolute atomic E-state index is 9.47. The summed E-state index contributed by atoms with van der Waals surface area (Å²) in [4.78, 5) is 0. The van der Waals surface area contributed by atoms with Crippen LogP contribution in [-0.4, -0.2) is 20.0 Å². The van der Waals surface area contributed by atoms with Gasteiger partial charge < -0.3 is 10.2 Å². The second-order valence-electron chi connectivity index (χ2n) is 4.04. The highest BCUT2D eigenvalue weighted by atomic mass is 35.5. The average Bonchev–Trinajstić information content (AvgIpc) is 2.67. The summed E-state index contributed by atoms with van der Waals surface area (Å²) in [6.45, 7) is 0. The van der Waals surface area contributed by atoms with E-state index in [1.54, 1.807) is 12.1 Å². The number of halogens is 2. The van der Waals surface area contributed by atoms with Crippen LogP contribution in [-0.2, 0) is 0 Å². The largest absolute Gasteiger partial charge is 0.508 e. The maximum atomic E-state index is 9.47. The number of hydrogen-bond donors (Lipinski definition) is 2. The first kappa shape index (κ1) is 12.1. The van der Waals surface area contributed by atoms with E-state index in [0.717, 1.165) is 0 Å². The van der Waals surface area contributed by atoms with E-state index in [1.165, 1.54) is 28.9 Å². The van der Waals surface area contributed by atoms with Crippen molar-refractivity contribution in [1.29, 1.82) is 0 Å². The van der Waals surface area contributed by atoms with E-state index in [9.17, 15) is 10.2 Å². The lowest BCUT2D eigenvalue weighted by Gasteiger charge is -2.05. The molecule has 2 aromatic carbocycles. The summed E-state index contributed by atoms with van der Waals surface area (Å²) in [7, 11) is 0. The SMILES string of the molecule is Oc1ccc(-n2nc3ccc(O)cc3c2Cl)c(Cl)c1. The van der Waals surface area contributed by atoms with E-state index < -0.39 is 0 Å². The van der Waals surface area contributed by atoms with Crippen LogP contribution in [0.2, 0.25) is 10.2 Å². The van der Waals surface area contributed by atoms with E-state index in [1.807, 2.05) is 0 Å². The van der Waals surface area contributed by atoms with Crippen LogP contribution in [0.1, 0.15) is 0 Å². The fraction of sp³-hybridized carbons (Fsp3) is 0. The molecule has 96 valence electrons. The van der Waals surface area contributed by atoms with Gasteiger partial charge in [0.15, 0.2) is 0 Å². The molecule has 0 spiro atoms. The quantitative estimate of drug-likeness (QED) is 0.719. The number of hydrogen-bond acceptors (Lipinski definition) is 3. The Morgan fingerprint density at radius 1 is 0.947 bits per heavy atom. The minimum Gasteiger partial charge on any atom is -0.508 e. The van der Waals surface area contributed by atoms with Gasteiger partial charge in [0.1, 0.15) is 16.7 Å². The van der Waals surface area contributed by atoms with Gasteiger partial charge in [0.25, 0.3) is 0 Å². The summed E-state index contributed by atoms with van der Waals surface area (Å²) in [5, 5.41) is 24.5. The third kappa shape index (κ3) is 1.99. The van der Waals surface area contributed by atoms with Crippen LogP contribution in [0.3, 0.4) is 0 Å². The highest BCUT2D eigenvalue weighted by Gasteiger charge is 2.13. The Morgan fingerprint density at radius 3 is 2.37 bits per heavy atom. The molecule has 0 fully saturated rings. The monoisotopic (exact) mass is 294 g/mol. The number of phenolic OH excluding ortho intramolecular Hbond substituents is 2. The molecule has 3 rings (SSSR count). The molecule has 0 bridgehead atoms. The van der Waals surface area contributed by atoms with Gasteiger partial charge in [-0.05, 0) is 30.3 Å². The third-order valence-corrected chi connectivity index (χ3v) is 3.42. The first-order chi connectivity index (χ1) is 9.06. The molecule has 1 aromatic heterocycles. The number of benzene rings is 2. The Bertz CT molecular complexity index is 784. The lowest BCUT2D eigenvalue weighted by molar-refractivity contribution is 0.475. The molecule has 19 heavy (non-hydrogen) atoms. The molecule has 2 N–H and O–H groups in total. The fourth-order valence-corrected chi connectivity index (χ4v) is 2.40. The highest BCUT2D eigenvalue weighted by Crippen LogP contribution is 2.32. The first-order valence-electron chi connectivity index (χ1n) is 5.42. The second kappa shape index (κ2) is 4.33. The normalized spacial score (nSPS) is 11.1. The Morgan fingerprint density at radius 2 is 1.63 bits per heavy atom. The molecule has 4 nitrogen and oxygen atoms in total. The fourth-order valence-electron chi connectivity index (χ4n) is 1.87. The number of fused-ring (bicyclic) bond motifs is 1. The molecule has 3 aromatic rings. The van der Waals surface area contributed by atoms with Crippen molar-refractivity contribution >= 4 is 34.1 Å². The lowest BCUT2D eigenvalue weighted by Crippen LogP contribution is -1.96. The summed E-state index contributed by atoms with van der Waals surface area (Å²) in [6.07, 6.45) is 0. The number of aromatic hydroxyl groups is 2. The first-order valence-corrected chi connectivity index (χ1v) is 6.18. The van der Waals surface area contributed by atoms with Crippen LogP contribution in [0.5, 0.6) is 11.5 Å². The summed E-state index contributed by atoms with van der Waals surface area (Å²) < 4.78 is 1.47. The zero-order valence-corrected chi connectivity index (χ0v) is 11.0. The number of phenols is 2. The predicted octanol–water partition coefficient (Wildman–Crippen LogP) is 3.74. The highest BCUT2D eigenvalue weighted by molar-refractivity contribution is 6.35. The minimum atomic E-state index is 0.0687. The third-order valence-electron chi connectivity index (χ3n) is 2.76. The van der Waals surface area contributed by atoms with Crippen LogP contribution in [0.4, 0.5) is 0 Å². The van der Waals surface area contributed by atoms with Gasteiger partial charge in [0.05, 0.1) is 16.2 Å². The van der Waals surface area contributed by atoms with E-state index in [4.69, 9.17) is 23.2 Å². The summed E-state index contributed by atoms with van der Waals surface area (Å²) >= 11 is 12.3. The average molecular weight is 295 g/mol. The zero-order chi connectivity index (χ0) is 13.6. The maximum Gasteiger partial charge on any atom is 0.140 e. The van der Waals surface area contributed by atoms with E-state index >= 15 is 0 Å². The van der Waals surface area contributed by atoms with Crippen molar-refractivity contribution in [1.82, 2.24) is 9.78 Å². The van der Waals surface area contributed by atoms with E-state index in [2.05, 4.69) is 5.10 Å². The topological polar surface area (TPSA) is 58.3 Å². The van der Waals surface area contributed by atoms with Gasteiger partial charge >= 0.3 is 0 Å². The van der Waals surface area contributed by atoms with E-state index in [0.29, 0.717) is 26.8 Å². The molecule has 0 amide bonds. The van der Waals surface area contributed by atoms with Crippen molar-refractivity contribution in [2.75, 3.05) is 0 Å². The molecular formula is C13H8Cl2N2O2. The smallest absolute Gasteiger partial charge is 0.140 e. The Balaban J connectivity index is 2.28. The van der Waals surface area contributed by atoms with Gasteiger partial charge in [-0.25, -0.2) is 4.68 Å². The lowest BCUT2D eigenvalue weighted by atomic mass is 10.2. The van der Waals surface area contributed by atoms with Crippen molar-refractivity contribution in [3.05, 3.63) is 46.6 Å². The standard InChI is InChI=1S/C13H8Cl2N2O2/c14-10-6-8(19)2-4-12(10)17-13(15)9-5-7(18)1-3-11(9)16-17/h1-6,18-19H. The predicted molar refractivity (Wildman–Crippen MR) is 74.4 cm³/mol. The van der Waals surface area contributed by atoms with Crippen LogP contribution in [0.15, 0.2) is 36.4 Å². The van der Waals surface area contributed by atoms with Crippen LogP contribution in [0, 0.1) is 0 Å². The Hall–Kier alpha value is -1.91. The minimum absolute atomic E-state index is 0.0687. The molecule has 0 radical (unpaired) electrons. The van der Waals surface area contributed by atoms with Gasteiger partial charge in [0, 0.05) is 11.5 Å². The summed E-state index contributed by atoms with van der Waals surface area (Å²) in [5.74, 6) is 0.185. The van der Waals surface area contributed by atoms with Gasteiger partial charge in [-0.2, -0.15) is 5.10 Å². The van der Waals surface area contributed by atoms with Gasteiger partial charge in [-0.15, -0.1) is 0 Å². The molecule has 0 aliphatic carbocycles. The molecule has 0 aliphatic rings. The number of rotatable bonds is 1. The molecule has 0 aliphatic heterocycles. The Kier molecular flexibility index (Phi) is 2.77. The molecule has 1 heterocycles. The van der Waals surface area contributed by atoms with Crippen molar-refractivity contribution in [2.24, 2.45) is 0 Å².